The van der Waals surface area contributed by atoms with Crippen LogP contribution in [0.15, 0.2) is 71.0 Å². The Morgan fingerprint density at radius 2 is 1.90 bits per heavy atom. The third-order valence-corrected chi connectivity index (χ3v) is 6.50. The molecule has 4 rings (SSSR count). The summed E-state index contributed by atoms with van der Waals surface area (Å²) >= 11 is 0. The number of benzene rings is 1. The van der Waals surface area contributed by atoms with Crippen LogP contribution in [0, 0.1) is 11.8 Å². The standard InChI is InChI=1S/C27H30O4/c1-16(15-28)18(3)30-25-17(2)22-13-20(29)14-23(19-9-7-6-8-10-19)24(22)26-21(25)11-12-27(4,5)31-26/h6-12,14-16,18,21,26H,13H2,1-5H3/t16-,18-,21?,26?/m1/s1. The Labute approximate surface area is 184 Å². The zero-order valence-electron chi connectivity index (χ0n) is 18.8. The third kappa shape index (κ3) is 3.97. The molecule has 162 valence electrons. The van der Waals surface area contributed by atoms with Crippen molar-refractivity contribution in [3.63, 3.8) is 0 Å². The van der Waals surface area contributed by atoms with E-state index >= 15 is 0 Å². The number of allylic oxidation sites excluding steroid dienone is 3. The summed E-state index contributed by atoms with van der Waals surface area (Å²) in [6.45, 7) is 9.88. The van der Waals surface area contributed by atoms with Crippen molar-refractivity contribution in [3.8, 4) is 0 Å². The molecule has 0 N–H and O–H groups in total. The minimum Gasteiger partial charge on any atom is -0.493 e. The fourth-order valence-electron chi connectivity index (χ4n) is 4.56. The molecular formula is C27H30O4. The second-order valence-electron chi connectivity index (χ2n) is 9.29. The van der Waals surface area contributed by atoms with Gasteiger partial charge < -0.3 is 14.3 Å². The van der Waals surface area contributed by atoms with Gasteiger partial charge in [0.25, 0.3) is 0 Å². The molecule has 3 aliphatic rings. The highest BCUT2D eigenvalue weighted by atomic mass is 16.5. The van der Waals surface area contributed by atoms with E-state index in [1.807, 2.05) is 65.0 Å². The number of ether oxygens (including phenoxy) is 2. The smallest absolute Gasteiger partial charge is 0.160 e. The van der Waals surface area contributed by atoms with E-state index in [1.54, 1.807) is 6.08 Å². The monoisotopic (exact) mass is 418 g/mol. The minimum atomic E-state index is -0.430. The third-order valence-electron chi connectivity index (χ3n) is 6.50. The first-order valence-electron chi connectivity index (χ1n) is 11.0. The number of fused-ring (bicyclic) bond motifs is 2. The van der Waals surface area contributed by atoms with E-state index < -0.39 is 5.60 Å². The van der Waals surface area contributed by atoms with Crippen LogP contribution in [-0.4, -0.2) is 29.9 Å². The maximum absolute atomic E-state index is 12.7. The Hall–Kier alpha value is -2.72. The fourth-order valence-corrected chi connectivity index (χ4v) is 4.56. The van der Waals surface area contributed by atoms with E-state index in [0.717, 1.165) is 39.9 Å². The van der Waals surface area contributed by atoms with Gasteiger partial charge in [0.05, 0.1) is 17.6 Å². The van der Waals surface area contributed by atoms with Crippen molar-refractivity contribution >= 4 is 17.6 Å². The number of carbonyl (C=O) groups is 2. The van der Waals surface area contributed by atoms with Crippen molar-refractivity contribution in [1.29, 1.82) is 0 Å². The first kappa shape index (κ1) is 21.5. The number of carbonyl (C=O) groups excluding carboxylic acids is 2. The number of hydrogen-bond donors (Lipinski definition) is 0. The maximum Gasteiger partial charge on any atom is 0.160 e. The lowest BCUT2D eigenvalue weighted by atomic mass is 9.71. The maximum atomic E-state index is 12.7. The van der Waals surface area contributed by atoms with Gasteiger partial charge in [-0.25, -0.2) is 0 Å². The zero-order valence-corrected chi connectivity index (χ0v) is 18.8. The lowest BCUT2D eigenvalue weighted by Crippen LogP contribution is -2.43. The Bertz CT molecular complexity index is 1020. The molecule has 0 saturated carbocycles. The van der Waals surface area contributed by atoms with Crippen LogP contribution in [0.3, 0.4) is 0 Å². The summed E-state index contributed by atoms with van der Waals surface area (Å²) < 4.78 is 13.0. The summed E-state index contributed by atoms with van der Waals surface area (Å²) in [5, 5.41) is 0. The van der Waals surface area contributed by atoms with E-state index in [-0.39, 0.29) is 29.8 Å². The molecule has 0 fully saturated rings. The van der Waals surface area contributed by atoms with Crippen molar-refractivity contribution in [2.45, 2.75) is 58.8 Å². The van der Waals surface area contributed by atoms with Crippen molar-refractivity contribution in [2.75, 3.05) is 0 Å². The molecule has 2 unspecified atom stereocenters. The molecule has 0 saturated heterocycles. The van der Waals surface area contributed by atoms with Gasteiger partial charge in [0.2, 0.25) is 0 Å². The molecule has 1 heterocycles. The van der Waals surface area contributed by atoms with Crippen LogP contribution in [0.5, 0.6) is 0 Å². The molecule has 1 aromatic carbocycles. The fraction of sp³-hybridized carbons (Fsp3) is 0.407. The van der Waals surface area contributed by atoms with Gasteiger partial charge in [0.15, 0.2) is 5.78 Å². The van der Waals surface area contributed by atoms with Crippen LogP contribution in [0.2, 0.25) is 0 Å². The van der Waals surface area contributed by atoms with Crippen LogP contribution in [0.1, 0.15) is 46.6 Å². The summed E-state index contributed by atoms with van der Waals surface area (Å²) in [6.07, 6.45) is 6.72. The van der Waals surface area contributed by atoms with Gasteiger partial charge in [0, 0.05) is 12.3 Å². The quantitative estimate of drug-likeness (QED) is 0.486. The zero-order chi connectivity index (χ0) is 22.3. The second kappa shape index (κ2) is 8.08. The molecule has 2 aliphatic carbocycles. The molecule has 0 spiro atoms. The molecule has 4 atom stereocenters. The van der Waals surface area contributed by atoms with E-state index in [1.165, 1.54) is 0 Å². The van der Waals surface area contributed by atoms with Gasteiger partial charge in [-0.3, -0.25) is 4.79 Å². The van der Waals surface area contributed by atoms with Gasteiger partial charge in [0.1, 0.15) is 18.1 Å². The van der Waals surface area contributed by atoms with Gasteiger partial charge in [-0.05, 0) is 61.6 Å². The number of rotatable bonds is 5. The lowest BCUT2D eigenvalue weighted by molar-refractivity contribution is -0.114. The predicted molar refractivity (Wildman–Crippen MR) is 121 cm³/mol. The minimum absolute atomic E-state index is 0.0784. The largest absolute Gasteiger partial charge is 0.493 e. The number of aldehydes is 1. The van der Waals surface area contributed by atoms with Gasteiger partial charge in [-0.1, -0.05) is 49.4 Å². The Kier molecular flexibility index (Phi) is 5.61. The summed E-state index contributed by atoms with van der Waals surface area (Å²) in [5.74, 6) is 0.550. The first-order chi connectivity index (χ1) is 14.7. The van der Waals surface area contributed by atoms with Crippen molar-refractivity contribution in [1.82, 2.24) is 0 Å². The molecule has 1 aromatic rings. The van der Waals surface area contributed by atoms with Gasteiger partial charge >= 0.3 is 0 Å². The molecule has 0 aromatic heterocycles. The lowest BCUT2D eigenvalue weighted by Gasteiger charge is -2.45. The number of hydrogen-bond acceptors (Lipinski definition) is 4. The molecule has 1 aliphatic heterocycles. The first-order valence-corrected chi connectivity index (χ1v) is 11.0. The van der Waals surface area contributed by atoms with E-state index in [2.05, 4.69) is 12.2 Å². The predicted octanol–water partition coefficient (Wildman–Crippen LogP) is 5.22. The van der Waals surface area contributed by atoms with Crippen molar-refractivity contribution in [3.05, 3.63) is 76.6 Å². The molecule has 0 amide bonds. The van der Waals surface area contributed by atoms with Crippen LogP contribution in [0.25, 0.3) is 5.57 Å². The van der Waals surface area contributed by atoms with Crippen LogP contribution >= 0.6 is 0 Å². The average Bonchev–Trinajstić information content (AvgIpc) is 2.75. The second-order valence-corrected chi connectivity index (χ2v) is 9.29. The Morgan fingerprint density at radius 3 is 2.58 bits per heavy atom. The van der Waals surface area contributed by atoms with Crippen molar-refractivity contribution in [2.24, 2.45) is 11.8 Å². The highest BCUT2D eigenvalue weighted by Gasteiger charge is 2.45. The highest BCUT2D eigenvalue weighted by Crippen LogP contribution is 2.49. The topological polar surface area (TPSA) is 52.6 Å². The molecule has 4 heteroatoms. The molecule has 0 radical (unpaired) electrons. The van der Waals surface area contributed by atoms with Crippen LogP contribution < -0.4 is 0 Å². The Morgan fingerprint density at radius 1 is 1.19 bits per heavy atom. The molecule has 4 nitrogen and oxygen atoms in total. The van der Waals surface area contributed by atoms with E-state index in [4.69, 9.17) is 9.47 Å². The summed E-state index contributed by atoms with van der Waals surface area (Å²) in [5.41, 5.74) is 4.55. The SMILES string of the molecule is CC1=C(O[C@H](C)[C@H](C)C=O)C2C=CC(C)(C)OC2C2=C1CC(=O)C=C2c1ccccc1. The summed E-state index contributed by atoms with van der Waals surface area (Å²) in [4.78, 5) is 24.1. The number of ketones is 1. The van der Waals surface area contributed by atoms with E-state index in [9.17, 15) is 9.59 Å². The molecular weight excluding hydrogens is 388 g/mol. The van der Waals surface area contributed by atoms with Crippen molar-refractivity contribution < 1.29 is 19.1 Å². The summed E-state index contributed by atoms with van der Waals surface area (Å²) in [7, 11) is 0. The Balaban J connectivity index is 1.89. The highest BCUT2D eigenvalue weighted by molar-refractivity contribution is 6.06. The van der Waals surface area contributed by atoms with Gasteiger partial charge in [-0.2, -0.15) is 0 Å². The normalized spacial score (nSPS) is 26.6. The van der Waals surface area contributed by atoms with Gasteiger partial charge in [-0.15, -0.1) is 0 Å². The molecule has 0 bridgehead atoms. The van der Waals surface area contributed by atoms with Crippen LogP contribution in [-0.2, 0) is 19.1 Å². The summed E-state index contributed by atoms with van der Waals surface area (Å²) in [6, 6.07) is 10.0. The molecule has 31 heavy (non-hydrogen) atoms. The average molecular weight is 419 g/mol. The van der Waals surface area contributed by atoms with Crippen LogP contribution in [0.4, 0.5) is 0 Å². The van der Waals surface area contributed by atoms with E-state index in [0.29, 0.717) is 6.42 Å².